The van der Waals surface area contributed by atoms with E-state index in [1.54, 1.807) is 0 Å². The smallest absolute Gasteiger partial charge is 0.229 e. The summed E-state index contributed by atoms with van der Waals surface area (Å²) < 4.78 is 5.10. The molecular formula is C6H10ClNO2. The first-order chi connectivity index (χ1) is 4.86. The molecule has 0 amide bonds. The van der Waals surface area contributed by atoms with Crippen LogP contribution in [-0.4, -0.2) is 24.5 Å². The maximum absolute atomic E-state index is 5.52. The standard InChI is InChI=1S/C6H10ClNO2/c1-2-9-6-3-5(4-7)10-8-6/h5H,2-4H2,1H3. The Bertz CT molecular complexity index is 138. The zero-order valence-electron chi connectivity index (χ0n) is 5.84. The molecule has 1 heterocycles. The van der Waals surface area contributed by atoms with Crippen LogP contribution >= 0.6 is 11.6 Å². The molecule has 1 aliphatic rings. The molecule has 0 N–H and O–H groups in total. The van der Waals surface area contributed by atoms with Gasteiger partial charge in [0.1, 0.15) is 6.10 Å². The Morgan fingerprint density at radius 2 is 2.70 bits per heavy atom. The van der Waals surface area contributed by atoms with Gasteiger partial charge in [-0.1, -0.05) is 5.16 Å². The highest BCUT2D eigenvalue weighted by Crippen LogP contribution is 2.11. The molecule has 58 valence electrons. The Hall–Kier alpha value is -0.440. The van der Waals surface area contributed by atoms with Gasteiger partial charge in [0.15, 0.2) is 0 Å². The summed E-state index contributed by atoms with van der Waals surface area (Å²) in [5, 5.41) is 3.69. The molecular weight excluding hydrogens is 154 g/mol. The molecule has 0 saturated carbocycles. The zero-order chi connectivity index (χ0) is 7.40. The zero-order valence-corrected chi connectivity index (χ0v) is 6.60. The third-order valence-corrected chi connectivity index (χ3v) is 1.53. The third-order valence-electron chi connectivity index (χ3n) is 1.19. The lowest BCUT2D eigenvalue weighted by atomic mass is 10.3. The van der Waals surface area contributed by atoms with E-state index in [1.165, 1.54) is 0 Å². The van der Waals surface area contributed by atoms with Crippen molar-refractivity contribution >= 4 is 17.5 Å². The Kier molecular flexibility index (Phi) is 2.81. The number of alkyl halides is 1. The second-order valence-corrected chi connectivity index (χ2v) is 2.31. The summed E-state index contributed by atoms with van der Waals surface area (Å²) in [6, 6.07) is 0. The highest BCUT2D eigenvalue weighted by molar-refractivity contribution is 6.18. The molecule has 0 saturated heterocycles. The van der Waals surface area contributed by atoms with Crippen LogP contribution in [0.5, 0.6) is 0 Å². The van der Waals surface area contributed by atoms with Gasteiger partial charge in [-0.05, 0) is 6.92 Å². The van der Waals surface area contributed by atoms with E-state index in [-0.39, 0.29) is 6.10 Å². The molecule has 0 bridgehead atoms. The maximum Gasteiger partial charge on any atom is 0.229 e. The van der Waals surface area contributed by atoms with Gasteiger partial charge in [0.25, 0.3) is 0 Å². The molecule has 1 rings (SSSR count). The molecule has 1 aliphatic heterocycles. The van der Waals surface area contributed by atoms with E-state index in [1.807, 2.05) is 6.92 Å². The predicted molar refractivity (Wildman–Crippen MR) is 39.3 cm³/mol. The molecule has 0 aromatic rings. The molecule has 0 aromatic carbocycles. The molecule has 0 aliphatic carbocycles. The largest absolute Gasteiger partial charge is 0.479 e. The van der Waals surface area contributed by atoms with Crippen LogP contribution in [0, 0.1) is 0 Å². The first-order valence-corrected chi connectivity index (χ1v) is 3.81. The van der Waals surface area contributed by atoms with Gasteiger partial charge in [0, 0.05) is 0 Å². The van der Waals surface area contributed by atoms with Gasteiger partial charge in [0.05, 0.1) is 18.9 Å². The van der Waals surface area contributed by atoms with E-state index in [4.69, 9.17) is 21.2 Å². The van der Waals surface area contributed by atoms with Crippen LogP contribution in [0.1, 0.15) is 13.3 Å². The minimum Gasteiger partial charge on any atom is -0.479 e. The first-order valence-electron chi connectivity index (χ1n) is 3.28. The summed E-state index contributed by atoms with van der Waals surface area (Å²) in [5.41, 5.74) is 0. The Morgan fingerprint density at radius 3 is 3.20 bits per heavy atom. The molecule has 4 heteroatoms. The lowest BCUT2D eigenvalue weighted by Gasteiger charge is -2.00. The van der Waals surface area contributed by atoms with E-state index in [0.717, 1.165) is 0 Å². The molecule has 1 atom stereocenters. The van der Waals surface area contributed by atoms with Crippen LogP contribution in [0.4, 0.5) is 0 Å². The van der Waals surface area contributed by atoms with Crippen LogP contribution in [0.15, 0.2) is 5.16 Å². The summed E-state index contributed by atoms with van der Waals surface area (Å²) in [7, 11) is 0. The maximum atomic E-state index is 5.52. The normalized spacial score (nSPS) is 23.8. The average Bonchev–Trinajstić information content (AvgIpc) is 2.37. The minimum absolute atomic E-state index is 0.0169. The number of oxime groups is 1. The second-order valence-electron chi connectivity index (χ2n) is 2.00. The highest BCUT2D eigenvalue weighted by Gasteiger charge is 2.20. The third kappa shape index (κ3) is 1.77. The average molecular weight is 164 g/mol. The van der Waals surface area contributed by atoms with Crippen molar-refractivity contribution < 1.29 is 9.57 Å². The monoisotopic (exact) mass is 163 g/mol. The number of hydrogen-bond donors (Lipinski definition) is 0. The summed E-state index contributed by atoms with van der Waals surface area (Å²) in [6.45, 7) is 2.55. The van der Waals surface area contributed by atoms with E-state index < -0.39 is 0 Å². The fourth-order valence-corrected chi connectivity index (χ4v) is 0.903. The van der Waals surface area contributed by atoms with Gasteiger partial charge in [-0.15, -0.1) is 11.6 Å². The number of halogens is 1. The van der Waals surface area contributed by atoms with Crippen molar-refractivity contribution in [3.05, 3.63) is 0 Å². The molecule has 0 fully saturated rings. The van der Waals surface area contributed by atoms with Crippen LogP contribution in [0.25, 0.3) is 0 Å². The van der Waals surface area contributed by atoms with Gasteiger partial charge in [-0.3, -0.25) is 0 Å². The number of ether oxygens (including phenoxy) is 1. The predicted octanol–water partition coefficient (Wildman–Crippen LogP) is 1.36. The van der Waals surface area contributed by atoms with Crippen LogP contribution in [-0.2, 0) is 9.57 Å². The van der Waals surface area contributed by atoms with Crippen LogP contribution in [0.3, 0.4) is 0 Å². The second kappa shape index (κ2) is 3.66. The number of rotatable bonds is 2. The highest BCUT2D eigenvalue weighted by atomic mass is 35.5. The SMILES string of the molecule is CCOC1=NOC(CCl)C1. The topological polar surface area (TPSA) is 30.8 Å². The van der Waals surface area contributed by atoms with Gasteiger partial charge in [-0.25, -0.2) is 0 Å². The van der Waals surface area contributed by atoms with Crippen molar-refractivity contribution in [3.8, 4) is 0 Å². The number of nitrogens with zero attached hydrogens (tertiary/aromatic N) is 1. The molecule has 0 spiro atoms. The first kappa shape index (κ1) is 7.66. The molecule has 1 unspecified atom stereocenters. The van der Waals surface area contributed by atoms with Crippen molar-refractivity contribution in [1.29, 1.82) is 0 Å². The van der Waals surface area contributed by atoms with Crippen molar-refractivity contribution in [1.82, 2.24) is 0 Å². The lowest BCUT2D eigenvalue weighted by molar-refractivity contribution is 0.101. The van der Waals surface area contributed by atoms with Gasteiger partial charge in [0.2, 0.25) is 5.90 Å². The lowest BCUT2D eigenvalue weighted by Crippen LogP contribution is -2.10. The quantitative estimate of drug-likeness (QED) is 0.576. The summed E-state index contributed by atoms with van der Waals surface area (Å²) in [5.74, 6) is 1.13. The van der Waals surface area contributed by atoms with Crippen molar-refractivity contribution in [3.63, 3.8) is 0 Å². The molecule has 10 heavy (non-hydrogen) atoms. The number of hydrogen-bond acceptors (Lipinski definition) is 3. The van der Waals surface area contributed by atoms with E-state index in [2.05, 4.69) is 5.16 Å². The Labute approximate surface area is 64.9 Å². The summed E-state index contributed by atoms with van der Waals surface area (Å²) in [6.07, 6.45) is 0.723. The molecule has 3 nitrogen and oxygen atoms in total. The Balaban J connectivity index is 2.25. The summed E-state index contributed by atoms with van der Waals surface area (Å²) in [4.78, 5) is 4.90. The minimum atomic E-state index is 0.0169. The van der Waals surface area contributed by atoms with E-state index in [9.17, 15) is 0 Å². The fraction of sp³-hybridized carbons (Fsp3) is 0.833. The van der Waals surface area contributed by atoms with Gasteiger partial charge in [-0.2, -0.15) is 0 Å². The van der Waals surface area contributed by atoms with E-state index >= 15 is 0 Å². The van der Waals surface area contributed by atoms with Crippen molar-refractivity contribution in [2.24, 2.45) is 5.16 Å². The molecule has 0 radical (unpaired) electrons. The summed E-state index contributed by atoms with van der Waals surface area (Å²) >= 11 is 5.52. The van der Waals surface area contributed by atoms with Crippen molar-refractivity contribution in [2.75, 3.05) is 12.5 Å². The van der Waals surface area contributed by atoms with Gasteiger partial charge < -0.3 is 9.57 Å². The van der Waals surface area contributed by atoms with Crippen molar-refractivity contribution in [2.45, 2.75) is 19.4 Å². The van der Waals surface area contributed by atoms with Crippen LogP contribution in [0.2, 0.25) is 0 Å². The fourth-order valence-electron chi connectivity index (χ4n) is 0.737. The van der Waals surface area contributed by atoms with E-state index in [0.29, 0.717) is 24.8 Å². The van der Waals surface area contributed by atoms with Crippen LogP contribution < -0.4 is 0 Å². The Morgan fingerprint density at radius 1 is 1.90 bits per heavy atom. The van der Waals surface area contributed by atoms with Gasteiger partial charge >= 0.3 is 0 Å². The molecule has 0 aromatic heterocycles.